The fraction of sp³-hybridized carbons (Fsp3) is 0.409. The van der Waals surface area contributed by atoms with E-state index in [1.807, 2.05) is 41.7 Å². The summed E-state index contributed by atoms with van der Waals surface area (Å²) in [6.45, 7) is 4.36. The van der Waals surface area contributed by atoms with Crippen LogP contribution in [-0.2, 0) is 12.8 Å². The minimum absolute atomic E-state index is 0.260. The maximum absolute atomic E-state index is 12.4. The third-order valence-corrected chi connectivity index (χ3v) is 6.97. The number of unbranched alkanes of at least 4 members (excludes halogenated alkanes) is 4. The van der Waals surface area contributed by atoms with E-state index in [-0.39, 0.29) is 5.97 Å². The molecule has 3 aromatic rings. The SMILES string of the molecule is CCCCCCCc1cc2cc(C(=O)Oc3ccc(CC)cc3)sc2s1. The molecule has 0 bridgehead atoms. The maximum Gasteiger partial charge on any atom is 0.353 e. The summed E-state index contributed by atoms with van der Waals surface area (Å²) in [7, 11) is 0. The first-order chi connectivity index (χ1) is 12.7. The Labute approximate surface area is 163 Å². The molecule has 2 heterocycles. The van der Waals surface area contributed by atoms with Crippen molar-refractivity contribution in [1.82, 2.24) is 0 Å². The topological polar surface area (TPSA) is 26.3 Å². The molecule has 0 radical (unpaired) electrons. The van der Waals surface area contributed by atoms with Gasteiger partial charge < -0.3 is 4.74 Å². The quantitative estimate of drug-likeness (QED) is 0.220. The Kier molecular flexibility index (Phi) is 6.86. The second kappa shape index (κ2) is 9.33. The smallest absolute Gasteiger partial charge is 0.353 e. The summed E-state index contributed by atoms with van der Waals surface area (Å²) < 4.78 is 6.73. The molecule has 2 nitrogen and oxygen atoms in total. The van der Waals surface area contributed by atoms with Crippen molar-refractivity contribution in [3.63, 3.8) is 0 Å². The molecule has 0 amide bonds. The van der Waals surface area contributed by atoms with E-state index < -0.39 is 0 Å². The lowest BCUT2D eigenvalue weighted by Crippen LogP contribution is -2.06. The number of carbonyl (C=O) groups excluding carboxylic acids is 1. The van der Waals surface area contributed by atoms with Crippen LogP contribution in [0.4, 0.5) is 0 Å². The lowest BCUT2D eigenvalue weighted by Gasteiger charge is -2.03. The van der Waals surface area contributed by atoms with Gasteiger partial charge in [-0.25, -0.2) is 4.79 Å². The van der Waals surface area contributed by atoms with Crippen LogP contribution in [0.1, 0.15) is 66.1 Å². The third-order valence-electron chi connectivity index (χ3n) is 4.54. The van der Waals surface area contributed by atoms with Crippen LogP contribution in [0.25, 0.3) is 9.40 Å². The summed E-state index contributed by atoms with van der Waals surface area (Å²) in [6.07, 6.45) is 8.67. The van der Waals surface area contributed by atoms with Gasteiger partial charge in [0.05, 0.1) is 4.01 Å². The minimum atomic E-state index is -0.260. The van der Waals surface area contributed by atoms with Gasteiger partial charge in [-0.3, -0.25) is 0 Å². The highest BCUT2D eigenvalue weighted by atomic mass is 32.2. The molecule has 0 unspecified atom stereocenters. The van der Waals surface area contributed by atoms with Crippen LogP contribution >= 0.6 is 22.7 Å². The van der Waals surface area contributed by atoms with Gasteiger partial charge in [0.15, 0.2) is 0 Å². The number of esters is 1. The number of ether oxygens (including phenoxy) is 1. The van der Waals surface area contributed by atoms with Crippen LogP contribution in [0.3, 0.4) is 0 Å². The van der Waals surface area contributed by atoms with Crippen molar-refractivity contribution in [2.24, 2.45) is 0 Å². The number of hydrogen-bond acceptors (Lipinski definition) is 4. The van der Waals surface area contributed by atoms with Gasteiger partial charge in [0.2, 0.25) is 0 Å². The van der Waals surface area contributed by atoms with Gasteiger partial charge in [-0.2, -0.15) is 0 Å². The van der Waals surface area contributed by atoms with Crippen LogP contribution in [0, 0.1) is 0 Å². The van der Waals surface area contributed by atoms with E-state index in [0.717, 1.165) is 12.8 Å². The largest absolute Gasteiger partial charge is 0.422 e. The Morgan fingerprint density at radius 3 is 2.42 bits per heavy atom. The van der Waals surface area contributed by atoms with Crippen molar-refractivity contribution in [1.29, 1.82) is 0 Å². The van der Waals surface area contributed by atoms with E-state index in [0.29, 0.717) is 10.6 Å². The van der Waals surface area contributed by atoms with Gasteiger partial charge in [0, 0.05) is 10.3 Å². The first kappa shape index (κ1) is 19.1. The molecule has 0 spiro atoms. The van der Waals surface area contributed by atoms with E-state index in [1.54, 1.807) is 11.3 Å². The summed E-state index contributed by atoms with van der Waals surface area (Å²) in [5, 5.41) is 1.18. The average molecular weight is 387 g/mol. The zero-order valence-electron chi connectivity index (χ0n) is 15.5. The highest BCUT2D eigenvalue weighted by molar-refractivity contribution is 7.39. The van der Waals surface area contributed by atoms with Gasteiger partial charge in [-0.15, -0.1) is 22.7 Å². The van der Waals surface area contributed by atoms with Crippen LogP contribution in [0.5, 0.6) is 5.75 Å². The zero-order chi connectivity index (χ0) is 18.4. The van der Waals surface area contributed by atoms with Gasteiger partial charge in [0.1, 0.15) is 10.6 Å². The van der Waals surface area contributed by atoms with Crippen LogP contribution in [0.2, 0.25) is 0 Å². The molecule has 2 aromatic heterocycles. The monoisotopic (exact) mass is 386 g/mol. The van der Waals surface area contributed by atoms with E-state index in [4.69, 9.17) is 4.74 Å². The maximum atomic E-state index is 12.4. The van der Waals surface area contributed by atoms with Crippen LogP contribution in [-0.4, -0.2) is 5.97 Å². The zero-order valence-corrected chi connectivity index (χ0v) is 17.2. The summed E-state index contributed by atoms with van der Waals surface area (Å²) >= 11 is 3.37. The van der Waals surface area contributed by atoms with E-state index in [9.17, 15) is 4.79 Å². The molecule has 26 heavy (non-hydrogen) atoms. The second-order valence-electron chi connectivity index (χ2n) is 6.62. The second-order valence-corrected chi connectivity index (χ2v) is 9.06. The molecule has 0 N–H and O–H groups in total. The van der Waals surface area contributed by atoms with Gasteiger partial charge in [-0.1, -0.05) is 51.7 Å². The summed E-state index contributed by atoms with van der Waals surface area (Å²) in [4.78, 5) is 14.5. The molecule has 138 valence electrons. The van der Waals surface area contributed by atoms with Crippen molar-refractivity contribution < 1.29 is 9.53 Å². The van der Waals surface area contributed by atoms with Crippen LogP contribution < -0.4 is 4.74 Å². The Bertz CT molecular complexity index is 811. The number of aryl methyl sites for hydroxylation is 2. The summed E-state index contributed by atoms with van der Waals surface area (Å²) in [5.41, 5.74) is 1.24. The molecule has 1 aromatic carbocycles. The minimum Gasteiger partial charge on any atom is -0.422 e. The molecule has 0 aliphatic rings. The van der Waals surface area contributed by atoms with Gasteiger partial charge >= 0.3 is 5.97 Å². The van der Waals surface area contributed by atoms with E-state index >= 15 is 0 Å². The Balaban J connectivity index is 1.58. The molecule has 3 rings (SSSR count). The summed E-state index contributed by atoms with van der Waals surface area (Å²) in [5.74, 6) is 0.348. The molecular formula is C22H26O2S2. The highest BCUT2D eigenvalue weighted by Crippen LogP contribution is 2.34. The molecule has 0 aliphatic carbocycles. The highest BCUT2D eigenvalue weighted by Gasteiger charge is 2.15. The van der Waals surface area contributed by atoms with Crippen molar-refractivity contribution in [3.05, 3.63) is 51.7 Å². The molecule has 0 saturated carbocycles. The summed E-state index contributed by atoms with van der Waals surface area (Å²) in [6, 6.07) is 11.9. The molecule has 0 saturated heterocycles. The lowest BCUT2D eigenvalue weighted by atomic mass is 10.1. The molecule has 0 fully saturated rings. The predicted molar refractivity (Wildman–Crippen MR) is 113 cm³/mol. The Morgan fingerprint density at radius 2 is 1.73 bits per heavy atom. The normalized spacial score (nSPS) is 11.2. The Morgan fingerprint density at radius 1 is 0.962 bits per heavy atom. The number of benzene rings is 1. The number of fused-ring (bicyclic) bond motifs is 1. The average Bonchev–Trinajstić information content (AvgIpc) is 3.21. The first-order valence-electron chi connectivity index (χ1n) is 9.53. The standard InChI is InChI=1S/C22H26O2S2/c1-3-5-6-7-8-9-19-14-17-15-20(26-22(17)25-19)21(23)24-18-12-10-16(4-2)11-13-18/h10-15H,3-9H2,1-2H3. The fourth-order valence-electron chi connectivity index (χ4n) is 2.97. The molecule has 4 heteroatoms. The van der Waals surface area contributed by atoms with Crippen molar-refractivity contribution >= 4 is 38.0 Å². The number of carbonyl (C=O) groups is 1. The third kappa shape index (κ3) is 4.95. The number of hydrogen-bond donors (Lipinski definition) is 0. The van der Waals surface area contributed by atoms with Crippen molar-refractivity contribution in [3.8, 4) is 5.75 Å². The van der Waals surface area contributed by atoms with Gasteiger partial charge in [-0.05, 0) is 49.1 Å². The number of thiophene rings is 2. The molecule has 0 atom stereocenters. The Hall–Kier alpha value is -1.65. The van der Waals surface area contributed by atoms with E-state index in [1.165, 1.54) is 51.9 Å². The van der Waals surface area contributed by atoms with Crippen LogP contribution in [0.15, 0.2) is 36.4 Å². The first-order valence-corrected chi connectivity index (χ1v) is 11.2. The van der Waals surface area contributed by atoms with Crippen molar-refractivity contribution in [2.45, 2.75) is 58.8 Å². The predicted octanol–water partition coefficient (Wildman–Crippen LogP) is 7.26. The lowest BCUT2D eigenvalue weighted by molar-refractivity contribution is 0.0740. The fourth-order valence-corrected chi connectivity index (χ4v) is 5.38. The van der Waals surface area contributed by atoms with Gasteiger partial charge in [0.25, 0.3) is 0 Å². The van der Waals surface area contributed by atoms with Crippen molar-refractivity contribution in [2.75, 3.05) is 0 Å². The van der Waals surface area contributed by atoms with E-state index in [2.05, 4.69) is 19.9 Å². The molecule has 0 aliphatic heterocycles. The number of rotatable bonds is 9. The molecular weight excluding hydrogens is 360 g/mol.